The van der Waals surface area contributed by atoms with Gasteiger partial charge >= 0.3 is 6.09 Å². The zero-order valence-corrected chi connectivity index (χ0v) is 18.2. The van der Waals surface area contributed by atoms with Gasteiger partial charge in [-0.2, -0.15) is 0 Å². The lowest BCUT2D eigenvalue weighted by atomic mass is 9.78. The highest BCUT2D eigenvalue weighted by Gasteiger charge is 2.51. The van der Waals surface area contributed by atoms with Crippen LogP contribution in [0.25, 0.3) is 0 Å². The number of carbonyl (C=O) groups is 1. The smallest absolute Gasteiger partial charge is 0.410 e. The second kappa shape index (κ2) is 7.67. The number of pyridine rings is 1. The van der Waals surface area contributed by atoms with Crippen molar-refractivity contribution in [1.82, 2.24) is 14.8 Å². The van der Waals surface area contributed by atoms with Gasteiger partial charge in [-0.15, -0.1) is 0 Å². The topological polar surface area (TPSA) is 58.1 Å². The number of hydrogen-bond acceptors (Lipinski definition) is 6. The number of rotatable bonds is 3. The maximum atomic E-state index is 12.3. The van der Waals surface area contributed by atoms with Crippen LogP contribution in [0.3, 0.4) is 0 Å². The van der Waals surface area contributed by atoms with Crippen LogP contribution >= 0.6 is 0 Å². The largest absolute Gasteiger partial charge is 0.493 e. The number of ether oxygens (including phenoxy) is 2. The summed E-state index contributed by atoms with van der Waals surface area (Å²) in [7, 11) is 1.70. The summed E-state index contributed by atoms with van der Waals surface area (Å²) in [5.74, 6) is 1.79. The molecule has 1 aromatic heterocycles. The lowest BCUT2D eigenvalue weighted by Gasteiger charge is -2.48. The van der Waals surface area contributed by atoms with Crippen LogP contribution in [0.15, 0.2) is 18.3 Å². The lowest BCUT2D eigenvalue weighted by molar-refractivity contribution is -0.0344. The molecule has 4 rings (SSSR count). The summed E-state index contributed by atoms with van der Waals surface area (Å²) in [4.78, 5) is 23.6. The molecule has 2 aliphatic heterocycles. The zero-order valence-electron chi connectivity index (χ0n) is 18.2. The van der Waals surface area contributed by atoms with E-state index in [0.717, 1.165) is 50.8 Å². The molecule has 29 heavy (non-hydrogen) atoms. The number of carbonyl (C=O) groups excluding carboxylic acids is 1. The summed E-state index contributed by atoms with van der Waals surface area (Å²) in [5, 5.41) is 0. The van der Waals surface area contributed by atoms with Gasteiger partial charge in [0.1, 0.15) is 5.60 Å². The first kappa shape index (κ1) is 20.3. The van der Waals surface area contributed by atoms with Crippen LogP contribution in [0.5, 0.6) is 5.75 Å². The Balaban J connectivity index is 1.27. The third kappa shape index (κ3) is 4.29. The Bertz CT molecular complexity index is 734. The first-order chi connectivity index (χ1) is 13.8. The van der Waals surface area contributed by atoms with Crippen molar-refractivity contribution in [2.45, 2.75) is 51.7 Å². The lowest BCUT2D eigenvalue weighted by Crippen LogP contribution is -2.59. The fraction of sp³-hybridized carbons (Fsp3) is 0.727. The minimum absolute atomic E-state index is 0.163. The molecule has 3 fully saturated rings. The summed E-state index contributed by atoms with van der Waals surface area (Å²) >= 11 is 0. The highest BCUT2D eigenvalue weighted by Crippen LogP contribution is 2.47. The van der Waals surface area contributed by atoms with Crippen LogP contribution in [0.2, 0.25) is 0 Å². The van der Waals surface area contributed by atoms with Gasteiger partial charge < -0.3 is 19.3 Å². The normalized spacial score (nSPS) is 24.5. The average Bonchev–Trinajstić information content (AvgIpc) is 3.11. The molecule has 0 aromatic carbocycles. The van der Waals surface area contributed by atoms with E-state index in [1.807, 2.05) is 44.0 Å². The number of aromatic nitrogens is 1. The van der Waals surface area contributed by atoms with E-state index in [9.17, 15) is 4.79 Å². The predicted molar refractivity (Wildman–Crippen MR) is 112 cm³/mol. The van der Waals surface area contributed by atoms with Crippen molar-refractivity contribution < 1.29 is 14.3 Å². The molecule has 1 amide bonds. The van der Waals surface area contributed by atoms with Crippen LogP contribution in [-0.4, -0.2) is 78.9 Å². The van der Waals surface area contributed by atoms with Gasteiger partial charge in [-0.25, -0.2) is 9.78 Å². The van der Waals surface area contributed by atoms with E-state index in [0.29, 0.717) is 11.5 Å². The van der Waals surface area contributed by atoms with E-state index in [1.54, 1.807) is 7.11 Å². The Labute approximate surface area is 174 Å². The molecule has 1 aromatic rings. The summed E-state index contributed by atoms with van der Waals surface area (Å²) in [5.41, 5.74) is -0.114. The van der Waals surface area contributed by atoms with Gasteiger partial charge in [0.2, 0.25) is 0 Å². The third-order valence-corrected chi connectivity index (χ3v) is 6.48. The second-order valence-electron chi connectivity index (χ2n) is 9.79. The first-order valence-corrected chi connectivity index (χ1v) is 10.7. The number of anilines is 1. The van der Waals surface area contributed by atoms with Crippen molar-refractivity contribution in [3.05, 3.63) is 18.3 Å². The third-order valence-electron chi connectivity index (χ3n) is 6.48. The first-order valence-electron chi connectivity index (χ1n) is 10.7. The molecule has 1 spiro atoms. The fourth-order valence-electron chi connectivity index (χ4n) is 5.07. The minimum Gasteiger partial charge on any atom is -0.493 e. The molecule has 1 aliphatic carbocycles. The van der Waals surface area contributed by atoms with Gasteiger partial charge in [0.25, 0.3) is 0 Å². The fourth-order valence-corrected chi connectivity index (χ4v) is 5.07. The Morgan fingerprint density at radius 1 is 1.21 bits per heavy atom. The van der Waals surface area contributed by atoms with Gasteiger partial charge in [0.05, 0.1) is 7.11 Å². The van der Waals surface area contributed by atoms with Crippen LogP contribution < -0.4 is 9.64 Å². The number of likely N-dealkylation sites (tertiary alicyclic amines) is 1. The van der Waals surface area contributed by atoms with Crippen LogP contribution in [0, 0.1) is 5.41 Å². The van der Waals surface area contributed by atoms with Crippen molar-refractivity contribution in [1.29, 1.82) is 0 Å². The van der Waals surface area contributed by atoms with Crippen molar-refractivity contribution in [3.8, 4) is 5.75 Å². The Kier molecular flexibility index (Phi) is 5.36. The number of amides is 1. The number of methoxy groups -OCH3 is 1. The van der Waals surface area contributed by atoms with Crippen LogP contribution in [0.1, 0.15) is 40.0 Å². The molecule has 1 unspecified atom stereocenters. The van der Waals surface area contributed by atoms with E-state index in [1.165, 1.54) is 19.3 Å². The molecule has 1 atom stereocenters. The monoisotopic (exact) mass is 402 g/mol. The van der Waals surface area contributed by atoms with Gasteiger partial charge in [-0.1, -0.05) is 0 Å². The standard InChI is InChI=1S/C22H34N4O3/c1-21(2,3)29-20(27)26-15-22(16-26)8-7-17(14-22)24-10-12-25(13-11-24)19-18(28-4)6-5-9-23-19/h5-6,9,17H,7-8,10-16H2,1-4H3. The van der Waals surface area contributed by atoms with Crippen molar-refractivity contribution >= 4 is 11.9 Å². The number of nitrogens with zero attached hydrogens (tertiary/aromatic N) is 4. The zero-order chi connectivity index (χ0) is 20.6. The molecule has 7 nitrogen and oxygen atoms in total. The molecule has 3 aliphatic rings. The molecule has 0 radical (unpaired) electrons. The summed E-state index contributed by atoms with van der Waals surface area (Å²) < 4.78 is 11.0. The highest BCUT2D eigenvalue weighted by molar-refractivity contribution is 5.69. The molecular weight excluding hydrogens is 368 g/mol. The number of hydrogen-bond donors (Lipinski definition) is 0. The molecule has 0 bridgehead atoms. The van der Waals surface area contributed by atoms with E-state index in [2.05, 4.69) is 14.8 Å². The van der Waals surface area contributed by atoms with Crippen molar-refractivity contribution in [2.75, 3.05) is 51.3 Å². The Hall–Kier alpha value is -2.02. The van der Waals surface area contributed by atoms with E-state index >= 15 is 0 Å². The summed E-state index contributed by atoms with van der Waals surface area (Å²) in [6, 6.07) is 4.52. The molecule has 3 heterocycles. The Morgan fingerprint density at radius 3 is 2.59 bits per heavy atom. The number of piperazine rings is 1. The molecule has 7 heteroatoms. The summed E-state index contributed by atoms with van der Waals surface area (Å²) in [6.45, 7) is 11.5. The summed E-state index contributed by atoms with van der Waals surface area (Å²) in [6.07, 6.45) is 5.31. The van der Waals surface area contributed by atoms with E-state index in [-0.39, 0.29) is 6.09 Å². The van der Waals surface area contributed by atoms with Crippen LogP contribution in [0.4, 0.5) is 10.6 Å². The molecular formula is C22H34N4O3. The molecule has 2 saturated heterocycles. The Morgan fingerprint density at radius 2 is 1.93 bits per heavy atom. The van der Waals surface area contributed by atoms with Gasteiger partial charge in [-0.05, 0) is 52.2 Å². The average molecular weight is 403 g/mol. The van der Waals surface area contributed by atoms with Gasteiger partial charge in [-0.3, -0.25) is 4.90 Å². The van der Waals surface area contributed by atoms with Crippen molar-refractivity contribution in [3.63, 3.8) is 0 Å². The van der Waals surface area contributed by atoms with E-state index < -0.39 is 5.60 Å². The molecule has 1 saturated carbocycles. The van der Waals surface area contributed by atoms with Crippen LogP contribution in [-0.2, 0) is 4.74 Å². The predicted octanol–water partition coefficient (Wildman–Crippen LogP) is 3.00. The van der Waals surface area contributed by atoms with E-state index in [4.69, 9.17) is 9.47 Å². The second-order valence-corrected chi connectivity index (χ2v) is 9.79. The maximum absolute atomic E-state index is 12.3. The van der Waals surface area contributed by atoms with Gasteiger partial charge in [0.15, 0.2) is 11.6 Å². The molecule has 160 valence electrons. The maximum Gasteiger partial charge on any atom is 0.410 e. The SMILES string of the molecule is COc1cccnc1N1CCN(C2CCC3(C2)CN(C(=O)OC(C)(C)C)C3)CC1. The molecule has 0 N–H and O–H groups in total. The highest BCUT2D eigenvalue weighted by atomic mass is 16.6. The quantitative estimate of drug-likeness (QED) is 0.775. The minimum atomic E-state index is -0.423. The van der Waals surface area contributed by atoms with Gasteiger partial charge in [0, 0.05) is 56.9 Å². The van der Waals surface area contributed by atoms with Crippen molar-refractivity contribution in [2.24, 2.45) is 5.41 Å².